The van der Waals surface area contributed by atoms with Gasteiger partial charge in [-0.25, -0.2) is 5.43 Å². The predicted octanol–water partition coefficient (Wildman–Crippen LogP) is 1.39. The van der Waals surface area contributed by atoms with Crippen LogP contribution in [0.5, 0.6) is 0 Å². The first kappa shape index (κ1) is 8.26. The van der Waals surface area contributed by atoms with Crippen molar-refractivity contribution in [1.82, 2.24) is 15.4 Å². The average molecular weight is 175 g/mol. The van der Waals surface area contributed by atoms with E-state index in [1.165, 1.54) is 11.1 Å². The van der Waals surface area contributed by atoms with Crippen LogP contribution in [-0.2, 0) is 0 Å². The lowest BCUT2D eigenvalue weighted by Gasteiger charge is -2.14. The van der Waals surface area contributed by atoms with Gasteiger partial charge in [0.15, 0.2) is 0 Å². The first-order valence-corrected chi connectivity index (χ1v) is 4.34. The molecule has 1 aliphatic heterocycles. The van der Waals surface area contributed by atoms with E-state index in [0.717, 1.165) is 0 Å². The van der Waals surface area contributed by atoms with Gasteiger partial charge < -0.3 is 5.01 Å². The summed E-state index contributed by atoms with van der Waals surface area (Å²) in [6.07, 6.45) is 7.91. The molecule has 1 aliphatic rings. The predicted molar refractivity (Wildman–Crippen MR) is 51.8 cm³/mol. The van der Waals surface area contributed by atoms with Crippen LogP contribution in [0.25, 0.3) is 0 Å². The van der Waals surface area contributed by atoms with E-state index in [1.807, 2.05) is 30.7 Å². The zero-order chi connectivity index (χ0) is 9.26. The largest absolute Gasteiger partial charge is 0.318 e. The molecule has 1 aromatic heterocycles. The fraction of sp³-hybridized carbons (Fsp3) is 0.300. The molecule has 0 aromatic carbocycles. The lowest BCUT2D eigenvalue weighted by atomic mass is 10.1. The fourth-order valence-corrected chi connectivity index (χ4v) is 1.45. The molecule has 0 aliphatic carbocycles. The molecule has 0 radical (unpaired) electrons. The number of nitrogens with zero attached hydrogens (tertiary/aromatic N) is 2. The molecular formula is C10H13N3. The monoisotopic (exact) mass is 175 g/mol. The van der Waals surface area contributed by atoms with E-state index >= 15 is 0 Å². The van der Waals surface area contributed by atoms with Gasteiger partial charge in [0.05, 0.1) is 6.04 Å². The zero-order valence-electron chi connectivity index (χ0n) is 7.86. The van der Waals surface area contributed by atoms with Crippen LogP contribution in [0.3, 0.4) is 0 Å². The first-order valence-electron chi connectivity index (χ1n) is 4.34. The van der Waals surface area contributed by atoms with E-state index in [4.69, 9.17) is 0 Å². The highest BCUT2D eigenvalue weighted by Crippen LogP contribution is 2.18. The summed E-state index contributed by atoms with van der Waals surface area (Å²) in [4.78, 5) is 4.16. The molecule has 1 N–H and O–H groups in total. The van der Waals surface area contributed by atoms with Gasteiger partial charge in [-0.3, -0.25) is 4.98 Å². The summed E-state index contributed by atoms with van der Waals surface area (Å²) in [7, 11) is 1.99. The molecule has 3 heteroatoms. The Bertz CT molecular complexity index is 333. The van der Waals surface area contributed by atoms with Crippen LogP contribution in [0.15, 0.2) is 30.7 Å². The highest BCUT2D eigenvalue weighted by Gasteiger charge is 2.13. The summed E-state index contributed by atoms with van der Waals surface area (Å²) in [5, 5.41) is 1.95. The van der Waals surface area contributed by atoms with Gasteiger partial charge in [0.25, 0.3) is 0 Å². The molecule has 0 saturated carbocycles. The van der Waals surface area contributed by atoms with Crippen LogP contribution >= 0.6 is 0 Å². The highest BCUT2D eigenvalue weighted by atomic mass is 15.5. The second-order valence-corrected chi connectivity index (χ2v) is 3.35. The summed E-state index contributed by atoms with van der Waals surface area (Å²) in [6.45, 7) is 2.05. The minimum Gasteiger partial charge on any atom is -0.318 e. The van der Waals surface area contributed by atoms with E-state index in [0.29, 0.717) is 0 Å². The summed E-state index contributed by atoms with van der Waals surface area (Å²) in [5.41, 5.74) is 5.68. The van der Waals surface area contributed by atoms with E-state index in [2.05, 4.69) is 29.5 Å². The van der Waals surface area contributed by atoms with Gasteiger partial charge >= 0.3 is 0 Å². The molecule has 0 amide bonds. The Morgan fingerprint density at radius 2 is 2.31 bits per heavy atom. The van der Waals surface area contributed by atoms with Crippen molar-refractivity contribution in [3.05, 3.63) is 41.9 Å². The van der Waals surface area contributed by atoms with E-state index in [1.54, 1.807) is 0 Å². The SMILES string of the molecule is Cc1cncc(C2C=CN(C)N2)c1. The molecule has 0 spiro atoms. The van der Waals surface area contributed by atoms with Gasteiger partial charge in [-0.1, -0.05) is 6.07 Å². The van der Waals surface area contributed by atoms with Crippen molar-refractivity contribution >= 4 is 0 Å². The molecule has 2 rings (SSSR count). The van der Waals surface area contributed by atoms with Gasteiger partial charge in [0, 0.05) is 25.6 Å². The number of nitrogens with one attached hydrogen (secondary N) is 1. The highest BCUT2D eigenvalue weighted by molar-refractivity contribution is 5.24. The molecule has 0 fully saturated rings. The van der Waals surface area contributed by atoms with Gasteiger partial charge in [-0.15, -0.1) is 0 Å². The Hall–Kier alpha value is -1.35. The number of aryl methyl sites for hydroxylation is 1. The average Bonchev–Trinajstić information content (AvgIpc) is 2.52. The Morgan fingerprint density at radius 1 is 1.46 bits per heavy atom. The van der Waals surface area contributed by atoms with Crippen molar-refractivity contribution in [2.75, 3.05) is 7.05 Å². The van der Waals surface area contributed by atoms with Crippen LogP contribution < -0.4 is 5.43 Å². The Labute approximate surface area is 78.1 Å². The molecule has 0 bridgehead atoms. The topological polar surface area (TPSA) is 28.2 Å². The van der Waals surface area contributed by atoms with Crippen LogP contribution in [0, 0.1) is 6.92 Å². The van der Waals surface area contributed by atoms with Gasteiger partial charge in [-0.05, 0) is 24.1 Å². The first-order chi connectivity index (χ1) is 6.25. The van der Waals surface area contributed by atoms with E-state index in [9.17, 15) is 0 Å². The number of hydrogen-bond donors (Lipinski definition) is 1. The van der Waals surface area contributed by atoms with Crippen LogP contribution in [0.2, 0.25) is 0 Å². The molecule has 13 heavy (non-hydrogen) atoms. The minimum atomic E-state index is 0.275. The normalized spacial score (nSPS) is 21.1. The van der Waals surface area contributed by atoms with Crippen molar-refractivity contribution in [2.24, 2.45) is 0 Å². The summed E-state index contributed by atoms with van der Waals surface area (Å²) in [5.74, 6) is 0. The van der Waals surface area contributed by atoms with E-state index in [-0.39, 0.29) is 6.04 Å². The molecule has 2 heterocycles. The van der Waals surface area contributed by atoms with Gasteiger partial charge in [0.2, 0.25) is 0 Å². The van der Waals surface area contributed by atoms with Crippen LogP contribution in [-0.4, -0.2) is 17.0 Å². The van der Waals surface area contributed by atoms with Crippen molar-refractivity contribution in [2.45, 2.75) is 13.0 Å². The van der Waals surface area contributed by atoms with Crippen molar-refractivity contribution < 1.29 is 0 Å². The second kappa shape index (κ2) is 3.18. The molecule has 3 nitrogen and oxygen atoms in total. The quantitative estimate of drug-likeness (QED) is 0.699. The van der Waals surface area contributed by atoms with Crippen LogP contribution in [0.1, 0.15) is 17.2 Å². The third-order valence-electron chi connectivity index (χ3n) is 2.10. The molecule has 1 unspecified atom stereocenters. The number of aromatic nitrogens is 1. The second-order valence-electron chi connectivity index (χ2n) is 3.35. The lowest BCUT2D eigenvalue weighted by molar-refractivity contribution is 0.333. The summed E-state index contributed by atoms with van der Waals surface area (Å²) < 4.78 is 0. The Balaban J connectivity index is 2.22. The maximum absolute atomic E-state index is 4.16. The molecule has 68 valence electrons. The Morgan fingerprint density at radius 3 is 2.92 bits per heavy atom. The van der Waals surface area contributed by atoms with Crippen LogP contribution in [0.4, 0.5) is 0 Å². The number of hydrazine groups is 1. The molecule has 1 atom stereocenters. The number of rotatable bonds is 1. The van der Waals surface area contributed by atoms with Gasteiger partial charge in [0.1, 0.15) is 0 Å². The van der Waals surface area contributed by atoms with Crippen molar-refractivity contribution in [1.29, 1.82) is 0 Å². The molecule has 1 aromatic rings. The third-order valence-corrected chi connectivity index (χ3v) is 2.10. The standard InChI is InChI=1S/C10H13N3/c1-8-5-9(7-11-6-8)10-3-4-13(2)12-10/h3-7,10,12H,1-2H3. The van der Waals surface area contributed by atoms with Crippen molar-refractivity contribution in [3.63, 3.8) is 0 Å². The van der Waals surface area contributed by atoms with E-state index < -0.39 is 0 Å². The number of hydrogen-bond acceptors (Lipinski definition) is 3. The maximum atomic E-state index is 4.16. The number of pyridine rings is 1. The summed E-state index contributed by atoms with van der Waals surface area (Å²) >= 11 is 0. The smallest absolute Gasteiger partial charge is 0.0725 e. The molecule has 0 saturated heterocycles. The maximum Gasteiger partial charge on any atom is 0.0725 e. The zero-order valence-corrected chi connectivity index (χ0v) is 7.86. The Kier molecular flexibility index (Phi) is 2.02. The fourth-order valence-electron chi connectivity index (χ4n) is 1.45. The molecular weight excluding hydrogens is 162 g/mol. The minimum absolute atomic E-state index is 0.275. The third kappa shape index (κ3) is 1.70. The summed E-state index contributed by atoms with van der Waals surface area (Å²) in [6, 6.07) is 2.42. The lowest BCUT2D eigenvalue weighted by Crippen LogP contribution is -2.26. The van der Waals surface area contributed by atoms with Gasteiger partial charge in [-0.2, -0.15) is 0 Å². The van der Waals surface area contributed by atoms with Crippen molar-refractivity contribution in [3.8, 4) is 0 Å².